The Kier molecular flexibility index (Phi) is 2.69. The summed E-state index contributed by atoms with van der Waals surface area (Å²) < 4.78 is 19.1. The summed E-state index contributed by atoms with van der Waals surface area (Å²) in [6.45, 7) is 0. The Hall–Kier alpha value is -2.46. The molecule has 3 heterocycles. The molecule has 10 heteroatoms. The van der Waals surface area contributed by atoms with Crippen LogP contribution in [-0.4, -0.2) is 47.0 Å². The number of imidazole rings is 1. The number of hydrogen-bond donors (Lipinski definition) is 4. The first-order chi connectivity index (χ1) is 9.50. The van der Waals surface area contributed by atoms with Gasteiger partial charge in [0.2, 0.25) is 12.0 Å². The fourth-order valence-corrected chi connectivity index (χ4v) is 2.03. The molecule has 0 aliphatic carbocycles. The molecule has 5 N–H and O–H groups in total. The van der Waals surface area contributed by atoms with Crippen molar-refractivity contribution in [3.8, 4) is 0 Å². The van der Waals surface area contributed by atoms with Crippen molar-refractivity contribution in [3.05, 3.63) is 24.4 Å². The van der Waals surface area contributed by atoms with Gasteiger partial charge in [0.15, 0.2) is 11.5 Å². The van der Waals surface area contributed by atoms with Crippen LogP contribution in [0, 0.1) is 0 Å². The second-order valence-corrected chi connectivity index (χ2v) is 4.18. The molecule has 0 saturated carbocycles. The molecule has 2 aromatic rings. The van der Waals surface area contributed by atoms with Gasteiger partial charge in [-0.15, -0.1) is 0 Å². The summed E-state index contributed by atoms with van der Waals surface area (Å²) in [5.41, 5.74) is 6.14. The second-order valence-electron chi connectivity index (χ2n) is 4.18. The van der Waals surface area contributed by atoms with Crippen LogP contribution in [0.3, 0.4) is 0 Å². The maximum absolute atomic E-state index is 12.8. The molecule has 9 nitrogen and oxygen atoms in total. The maximum atomic E-state index is 12.8. The van der Waals surface area contributed by atoms with E-state index in [4.69, 9.17) is 15.6 Å². The van der Waals surface area contributed by atoms with Crippen LogP contribution in [0.4, 0.5) is 10.2 Å². The fraction of sp³-hybridized carbons (Fsp3) is 0.300. The van der Waals surface area contributed by atoms with Gasteiger partial charge in [-0.05, 0) is 0 Å². The maximum Gasteiger partial charge on any atom is 0.311 e. The summed E-state index contributed by atoms with van der Waals surface area (Å²) in [5.74, 6) is -0.614. The van der Waals surface area contributed by atoms with Crippen molar-refractivity contribution < 1.29 is 24.4 Å². The largest absolute Gasteiger partial charge is 0.484 e. The molecule has 3 rings (SSSR count). The van der Waals surface area contributed by atoms with Crippen LogP contribution < -0.4 is 5.73 Å². The van der Waals surface area contributed by atoms with Gasteiger partial charge in [-0.25, -0.2) is 15.0 Å². The highest BCUT2D eigenvalue weighted by Crippen LogP contribution is 2.35. The number of ether oxygens (including phenoxy) is 1. The highest BCUT2D eigenvalue weighted by molar-refractivity contribution is 5.81. The van der Waals surface area contributed by atoms with Gasteiger partial charge in [0, 0.05) is 0 Å². The Morgan fingerprint density at radius 2 is 2.10 bits per heavy atom. The number of nitrogen functional groups attached to an aromatic ring is 1. The zero-order chi connectivity index (χ0) is 14.4. The van der Waals surface area contributed by atoms with Crippen LogP contribution in [0.1, 0.15) is 6.23 Å². The molecule has 3 atom stereocenters. The predicted octanol–water partition coefficient (Wildman–Crippen LogP) is -0.644. The molecule has 0 amide bonds. The Bertz CT molecular complexity index is 698. The molecule has 1 aliphatic heterocycles. The van der Waals surface area contributed by atoms with Gasteiger partial charge in [0.25, 0.3) is 0 Å². The van der Waals surface area contributed by atoms with E-state index in [9.17, 15) is 14.6 Å². The third kappa shape index (κ3) is 1.66. The molecule has 0 bridgehead atoms. The Morgan fingerprint density at radius 1 is 1.35 bits per heavy atom. The predicted molar refractivity (Wildman–Crippen MR) is 62.6 cm³/mol. The first-order valence-electron chi connectivity index (χ1n) is 5.55. The number of fused-ring (bicyclic) bond motifs is 1. The van der Waals surface area contributed by atoms with Crippen LogP contribution in [0.5, 0.6) is 0 Å². The highest BCUT2D eigenvalue weighted by atomic mass is 19.1. The normalized spacial score (nSPS) is 28.6. The summed E-state index contributed by atoms with van der Waals surface area (Å²) in [7, 11) is 0. The van der Waals surface area contributed by atoms with E-state index in [1.165, 1.54) is 17.2 Å². The molecule has 1 aliphatic rings. The molecule has 1 fully saturated rings. The van der Waals surface area contributed by atoms with Gasteiger partial charge >= 0.3 is 6.01 Å². The zero-order valence-corrected chi connectivity index (χ0v) is 9.88. The number of aliphatic hydroxyl groups excluding tert-OH is 3. The monoisotopic (exact) mass is 283 g/mol. The summed E-state index contributed by atoms with van der Waals surface area (Å²) in [6, 6.07) is -1.70. The van der Waals surface area contributed by atoms with E-state index in [2.05, 4.69) is 15.0 Å². The molecule has 0 radical (unpaired) electrons. The van der Waals surface area contributed by atoms with E-state index >= 15 is 0 Å². The third-order valence-electron chi connectivity index (χ3n) is 3.00. The molecule has 1 saturated heterocycles. The van der Waals surface area contributed by atoms with E-state index in [0.717, 1.165) is 0 Å². The van der Waals surface area contributed by atoms with Crippen LogP contribution in [0.15, 0.2) is 24.4 Å². The Labute approximate surface area is 110 Å². The van der Waals surface area contributed by atoms with Crippen molar-refractivity contribution in [1.29, 1.82) is 0 Å². The first-order valence-corrected chi connectivity index (χ1v) is 5.55. The molecule has 0 unspecified atom stereocenters. The number of nitrogens with two attached hydrogens (primary N) is 1. The summed E-state index contributed by atoms with van der Waals surface area (Å²) in [5, 5.41) is 28.2. The lowest BCUT2D eigenvalue weighted by atomic mass is 10.2. The molecule has 20 heavy (non-hydrogen) atoms. The number of aliphatic hydroxyl groups is 3. The van der Waals surface area contributed by atoms with Crippen molar-refractivity contribution in [1.82, 2.24) is 19.5 Å². The Morgan fingerprint density at radius 3 is 2.75 bits per heavy atom. The number of anilines is 1. The van der Waals surface area contributed by atoms with Gasteiger partial charge in [-0.2, -0.15) is 4.39 Å². The molecule has 0 spiro atoms. The van der Waals surface area contributed by atoms with Gasteiger partial charge in [0.05, 0.1) is 0 Å². The standard InChI is InChI=1S/C10H10FN5O4/c11-7(19)6-4(17)5(18)10(20-6)16-2-15-3-8(12)13-1-14-9(3)16/h1-2,4-5,10,17-19H,(H2,12,13,14)/t4-,5+,10+/m0/s1. The number of nitrogens with zero attached hydrogens (tertiary/aromatic N) is 4. The van der Waals surface area contributed by atoms with Crippen molar-refractivity contribution in [2.75, 3.05) is 5.73 Å². The number of halogens is 1. The highest BCUT2D eigenvalue weighted by Gasteiger charge is 2.44. The zero-order valence-electron chi connectivity index (χ0n) is 9.88. The van der Waals surface area contributed by atoms with Crippen molar-refractivity contribution in [2.24, 2.45) is 0 Å². The minimum Gasteiger partial charge on any atom is -0.484 e. The summed E-state index contributed by atoms with van der Waals surface area (Å²) >= 11 is 0. The van der Waals surface area contributed by atoms with Gasteiger partial charge in [0.1, 0.15) is 30.4 Å². The first kappa shape index (κ1) is 12.6. The number of rotatable bonds is 1. The van der Waals surface area contributed by atoms with Crippen molar-refractivity contribution in [3.63, 3.8) is 0 Å². The number of aromatic nitrogens is 4. The lowest BCUT2D eigenvalue weighted by molar-refractivity contribution is -0.0127. The molecule has 2 aromatic heterocycles. The average Bonchev–Trinajstić information content (AvgIpc) is 2.94. The van der Waals surface area contributed by atoms with E-state index in [1.54, 1.807) is 0 Å². The van der Waals surface area contributed by atoms with Crippen molar-refractivity contribution in [2.45, 2.75) is 18.4 Å². The fourth-order valence-electron chi connectivity index (χ4n) is 2.03. The lowest BCUT2D eigenvalue weighted by Crippen LogP contribution is -2.27. The molecular weight excluding hydrogens is 273 g/mol. The third-order valence-corrected chi connectivity index (χ3v) is 3.00. The van der Waals surface area contributed by atoms with E-state index in [1.807, 2.05) is 0 Å². The van der Waals surface area contributed by atoms with Crippen LogP contribution in [0.25, 0.3) is 11.2 Å². The second kappa shape index (κ2) is 4.28. The quantitative estimate of drug-likeness (QED) is 0.506. The SMILES string of the molecule is Nc1ncnc2c1ncn2[C@@H]1OC(=C(O)F)[C@@H](O)[C@H]1O. The topological polar surface area (TPSA) is 140 Å². The van der Waals surface area contributed by atoms with Gasteiger partial charge < -0.3 is 25.8 Å². The van der Waals surface area contributed by atoms with E-state index in [0.29, 0.717) is 0 Å². The van der Waals surface area contributed by atoms with Crippen LogP contribution in [0.2, 0.25) is 0 Å². The Balaban J connectivity index is 2.09. The summed E-state index contributed by atoms with van der Waals surface area (Å²) in [4.78, 5) is 11.7. The van der Waals surface area contributed by atoms with Crippen molar-refractivity contribution >= 4 is 17.0 Å². The van der Waals surface area contributed by atoms with Gasteiger partial charge in [-0.3, -0.25) is 4.57 Å². The molecule has 0 aromatic carbocycles. The smallest absolute Gasteiger partial charge is 0.311 e. The van der Waals surface area contributed by atoms with E-state index in [-0.39, 0.29) is 17.0 Å². The average molecular weight is 283 g/mol. The number of hydrogen-bond acceptors (Lipinski definition) is 8. The minimum absolute atomic E-state index is 0.130. The van der Waals surface area contributed by atoms with Gasteiger partial charge in [-0.1, -0.05) is 0 Å². The molecule has 106 valence electrons. The van der Waals surface area contributed by atoms with Crippen LogP contribution in [-0.2, 0) is 4.74 Å². The minimum atomic E-state index is -1.70. The van der Waals surface area contributed by atoms with Crippen LogP contribution >= 0.6 is 0 Å². The van der Waals surface area contributed by atoms with E-state index < -0.39 is 30.2 Å². The molecular formula is C10H10FN5O4. The lowest BCUT2D eigenvalue weighted by Gasteiger charge is -2.15. The summed E-state index contributed by atoms with van der Waals surface area (Å²) in [6.07, 6.45) is -1.94.